The van der Waals surface area contributed by atoms with Gasteiger partial charge in [0.25, 0.3) is 0 Å². The Bertz CT molecular complexity index is 1610. The quantitative estimate of drug-likeness (QED) is 0.130. The van der Waals surface area contributed by atoms with Crippen molar-refractivity contribution in [2.24, 2.45) is 0 Å². The molecule has 4 nitrogen and oxygen atoms in total. The molecule has 2 N–H and O–H groups in total. The molecule has 46 heavy (non-hydrogen) atoms. The Balaban J connectivity index is 1.99. The van der Waals surface area contributed by atoms with Crippen LogP contribution in [0, 0.1) is 0 Å². The number of hydrogen-bond acceptors (Lipinski definition) is 2. The minimum atomic E-state index is 0.373. The summed E-state index contributed by atoms with van der Waals surface area (Å²) in [6.07, 6.45) is 20.5. The van der Waals surface area contributed by atoms with Crippen molar-refractivity contribution < 1.29 is 0 Å². The van der Waals surface area contributed by atoms with E-state index in [1.807, 2.05) is 0 Å². The standard InChI is InChI=1S/C42H58N4/c1-9-15-18-30(17-11-3)42-37-25-21-33(45-37)39(27(7)12-4)31-19-23-35(43-31)41(29(14-6)16-10-2)36-24-20-32(44-36)40(28(8)13-5)34-22-26-38(42)46-34/h19-30,45-46H,9-18H2,1-8H3. The van der Waals surface area contributed by atoms with Crippen LogP contribution in [0.4, 0.5) is 0 Å². The van der Waals surface area contributed by atoms with E-state index in [1.54, 1.807) is 0 Å². The van der Waals surface area contributed by atoms with Crippen LogP contribution in [0.1, 0.15) is 188 Å². The van der Waals surface area contributed by atoms with Crippen LogP contribution in [-0.2, 0) is 0 Å². The number of nitrogens with one attached hydrogen (secondary N) is 2. The lowest BCUT2D eigenvalue weighted by Crippen LogP contribution is -2.04. The predicted molar refractivity (Wildman–Crippen MR) is 201 cm³/mol. The van der Waals surface area contributed by atoms with Crippen LogP contribution < -0.4 is 0 Å². The van der Waals surface area contributed by atoms with Crippen LogP contribution in [-0.4, -0.2) is 19.9 Å². The summed E-state index contributed by atoms with van der Waals surface area (Å²) in [5, 5.41) is 0. The zero-order valence-electron chi connectivity index (χ0n) is 29.9. The topological polar surface area (TPSA) is 57.4 Å². The highest BCUT2D eigenvalue weighted by atomic mass is 14.8. The second-order valence-corrected chi connectivity index (χ2v) is 13.8. The summed E-state index contributed by atoms with van der Waals surface area (Å²) in [5.74, 6) is 1.64. The van der Waals surface area contributed by atoms with E-state index in [9.17, 15) is 0 Å². The third-order valence-electron chi connectivity index (χ3n) is 10.6. The van der Waals surface area contributed by atoms with E-state index in [-0.39, 0.29) is 0 Å². The van der Waals surface area contributed by atoms with Crippen LogP contribution in [0.2, 0.25) is 0 Å². The van der Waals surface area contributed by atoms with Gasteiger partial charge in [0, 0.05) is 44.3 Å². The Hall–Kier alpha value is -3.40. The fourth-order valence-corrected chi connectivity index (χ4v) is 7.73. The summed E-state index contributed by atoms with van der Waals surface area (Å²) in [5.41, 5.74) is 14.5. The van der Waals surface area contributed by atoms with E-state index in [0.29, 0.717) is 23.7 Å². The van der Waals surface area contributed by atoms with Crippen molar-refractivity contribution in [3.63, 3.8) is 0 Å². The summed E-state index contributed by atoms with van der Waals surface area (Å²) in [6, 6.07) is 9.29. The first kappa shape index (κ1) is 33.9. The lowest BCUT2D eigenvalue weighted by atomic mass is 9.89. The Morgan fingerprint density at radius 3 is 1.28 bits per heavy atom. The molecule has 246 valence electrons. The van der Waals surface area contributed by atoms with Crippen molar-refractivity contribution in [3.8, 4) is 0 Å². The van der Waals surface area contributed by atoms with Crippen molar-refractivity contribution in [1.29, 1.82) is 0 Å². The normalized spacial score (nSPS) is 15.3. The minimum Gasteiger partial charge on any atom is -0.355 e. The number of H-pyrrole nitrogens is 2. The van der Waals surface area contributed by atoms with E-state index >= 15 is 0 Å². The highest BCUT2D eigenvalue weighted by molar-refractivity contribution is 5.84. The fraction of sp³-hybridized carbons (Fsp3) is 0.524. The number of aromatic nitrogens is 4. The molecule has 3 aromatic heterocycles. The Labute approximate surface area is 278 Å². The van der Waals surface area contributed by atoms with E-state index < -0.39 is 0 Å². The molecule has 0 aliphatic carbocycles. The highest BCUT2D eigenvalue weighted by Gasteiger charge is 2.24. The molecule has 0 fully saturated rings. The van der Waals surface area contributed by atoms with Crippen molar-refractivity contribution in [1.82, 2.24) is 19.9 Å². The van der Waals surface area contributed by atoms with Gasteiger partial charge in [0.05, 0.1) is 22.8 Å². The van der Waals surface area contributed by atoms with Gasteiger partial charge < -0.3 is 9.97 Å². The first-order chi connectivity index (χ1) is 22.4. The monoisotopic (exact) mass is 618 g/mol. The van der Waals surface area contributed by atoms with E-state index in [2.05, 4.69) is 114 Å². The van der Waals surface area contributed by atoms with E-state index in [0.717, 1.165) is 54.9 Å². The molecule has 0 spiro atoms. The summed E-state index contributed by atoms with van der Waals surface area (Å²) in [6.45, 7) is 18.5. The van der Waals surface area contributed by atoms with Gasteiger partial charge in [0.15, 0.2) is 0 Å². The van der Waals surface area contributed by atoms with Crippen molar-refractivity contribution in [2.75, 3.05) is 0 Å². The maximum absolute atomic E-state index is 5.44. The average molecular weight is 619 g/mol. The molecule has 0 aromatic carbocycles. The molecule has 0 saturated carbocycles. The number of fused-ring (bicyclic) bond motifs is 8. The Kier molecular flexibility index (Phi) is 11.4. The molecule has 5 heterocycles. The molecule has 8 bridgehead atoms. The fourth-order valence-electron chi connectivity index (χ4n) is 7.73. The first-order valence-corrected chi connectivity index (χ1v) is 18.5. The second-order valence-electron chi connectivity index (χ2n) is 13.8. The molecule has 0 amide bonds. The molecule has 4 unspecified atom stereocenters. The van der Waals surface area contributed by atoms with Gasteiger partial charge in [-0.25, -0.2) is 9.97 Å². The van der Waals surface area contributed by atoms with Crippen LogP contribution in [0.3, 0.4) is 0 Å². The van der Waals surface area contributed by atoms with Crippen LogP contribution >= 0.6 is 0 Å². The second kappa shape index (κ2) is 15.5. The molecule has 4 atom stereocenters. The average Bonchev–Trinajstić information content (AvgIpc) is 3.89. The minimum absolute atomic E-state index is 0.373. The van der Waals surface area contributed by atoms with Gasteiger partial charge in [-0.1, -0.05) is 81.1 Å². The zero-order valence-corrected chi connectivity index (χ0v) is 29.9. The largest absolute Gasteiger partial charge is 0.355 e. The number of unbranched alkanes of at least 4 members (excludes halogenated alkanes) is 1. The maximum Gasteiger partial charge on any atom is 0.0694 e. The van der Waals surface area contributed by atoms with Crippen molar-refractivity contribution in [3.05, 3.63) is 69.3 Å². The van der Waals surface area contributed by atoms with Gasteiger partial charge in [0.2, 0.25) is 0 Å². The predicted octanol–water partition coefficient (Wildman–Crippen LogP) is 13.1. The Morgan fingerprint density at radius 1 is 0.478 bits per heavy atom. The number of rotatable bonds is 14. The zero-order chi connectivity index (χ0) is 32.8. The number of aromatic amines is 2. The van der Waals surface area contributed by atoms with Gasteiger partial charge >= 0.3 is 0 Å². The van der Waals surface area contributed by atoms with Crippen LogP contribution in [0.15, 0.2) is 24.3 Å². The summed E-state index contributed by atoms with van der Waals surface area (Å²) in [7, 11) is 0. The van der Waals surface area contributed by atoms with E-state index in [1.165, 1.54) is 76.4 Å². The molecule has 4 heteroatoms. The third-order valence-corrected chi connectivity index (χ3v) is 10.6. The van der Waals surface area contributed by atoms with E-state index in [4.69, 9.17) is 9.97 Å². The SMILES string of the molecule is CCCCC(CCC)c1c2ccc([nH]2)c(C(C)CC)c2nc(c(C(CC)CCC)c3nc(c(C(C)CC)c4ccc1[nH]4)C=C3)C=C2. The maximum atomic E-state index is 5.44. The van der Waals surface area contributed by atoms with Crippen molar-refractivity contribution >= 4 is 46.4 Å². The van der Waals surface area contributed by atoms with Crippen LogP contribution in [0.5, 0.6) is 0 Å². The summed E-state index contributed by atoms with van der Waals surface area (Å²) >= 11 is 0. The van der Waals surface area contributed by atoms with Crippen molar-refractivity contribution in [2.45, 2.75) is 143 Å². The third kappa shape index (κ3) is 6.82. The number of nitrogens with zero attached hydrogens (tertiary/aromatic N) is 2. The molecule has 2 aliphatic heterocycles. The molecule has 3 aromatic rings. The van der Waals surface area contributed by atoms with Crippen LogP contribution in [0.25, 0.3) is 46.4 Å². The smallest absolute Gasteiger partial charge is 0.0694 e. The Morgan fingerprint density at radius 2 is 0.891 bits per heavy atom. The van der Waals surface area contributed by atoms with Gasteiger partial charge in [-0.2, -0.15) is 0 Å². The summed E-state index contributed by atoms with van der Waals surface area (Å²) in [4.78, 5) is 18.8. The summed E-state index contributed by atoms with van der Waals surface area (Å²) < 4.78 is 0. The molecular formula is C42H58N4. The van der Waals surface area contributed by atoms with Gasteiger partial charge in [-0.15, -0.1) is 0 Å². The van der Waals surface area contributed by atoms with Gasteiger partial charge in [-0.05, 0) is 111 Å². The number of hydrogen-bond donors (Lipinski definition) is 2. The van der Waals surface area contributed by atoms with Gasteiger partial charge in [-0.3, -0.25) is 0 Å². The van der Waals surface area contributed by atoms with Gasteiger partial charge in [0.1, 0.15) is 0 Å². The lowest BCUT2D eigenvalue weighted by Gasteiger charge is -2.17. The molecule has 2 aliphatic rings. The molecule has 0 saturated heterocycles. The molecule has 0 radical (unpaired) electrons. The molecule has 5 rings (SSSR count). The first-order valence-electron chi connectivity index (χ1n) is 18.5. The highest BCUT2D eigenvalue weighted by Crippen LogP contribution is 2.38. The lowest BCUT2D eigenvalue weighted by molar-refractivity contribution is 0.545. The molecular weight excluding hydrogens is 560 g/mol.